The number of nitrogens with one attached hydrogen (secondary N) is 1. The zero-order valence-corrected chi connectivity index (χ0v) is 21.1. The summed E-state index contributed by atoms with van der Waals surface area (Å²) in [6.45, 7) is 3.77. The largest absolute Gasteiger partial charge is 0.478 e. The number of carboxylic acid groups (broad SMARTS) is 1. The lowest BCUT2D eigenvalue weighted by molar-refractivity contribution is -0.190. The van der Waals surface area contributed by atoms with Crippen molar-refractivity contribution in [2.24, 2.45) is 11.1 Å². The van der Waals surface area contributed by atoms with E-state index in [9.17, 15) is 23.1 Å². The first-order valence-corrected chi connectivity index (χ1v) is 12.5. The van der Waals surface area contributed by atoms with E-state index in [1.54, 1.807) is 18.2 Å². The predicted molar refractivity (Wildman–Crippen MR) is 136 cm³/mol. The average molecular weight is 533 g/mol. The van der Waals surface area contributed by atoms with Gasteiger partial charge in [-0.25, -0.2) is 9.78 Å². The first-order chi connectivity index (χ1) is 17.5. The number of carbonyl (C=O) groups is 1. The van der Waals surface area contributed by atoms with Crippen LogP contribution in [0.4, 0.5) is 19.1 Å². The molecule has 1 aliphatic rings. The summed E-state index contributed by atoms with van der Waals surface area (Å²) in [5.74, 6) is -0.674. The van der Waals surface area contributed by atoms with Crippen molar-refractivity contribution in [1.82, 2.24) is 9.97 Å². The van der Waals surface area contributed by atoms with Crippen molar-refractivity contribution in [3.8, 4) is 17.1 Å². The van der Waals surface area contributed by atoms with Crippen LogP contribution in [0, 0.1) is 19.3 Å². The molecule has 0 spiro atoms. The third-order valence-corrected chi connectivity index (χ3v) is 7.11. The Morgan fingerprint density at radius 2 is 1.84 bits per heavy atom. The SMILES string of the molecule is Cc1cccc(C)c1-c1cc(OCC(N)CC2(C(F)(F)F)CC2)nc(NSc2cccc(C(=O)O)c2)n1. The average Bonchev–Trinajstić information content (AvgIpc) is 3.62. The fourth-order valence-corrected chi connectivity index (χ4v) is 4.83. The fraction of sp³-hybridized carbons (Fsp3) is 0.346. The summed E-state index contributed by atoms with van der Waals surface area (Å²) in [5, 5.41) is 9.22. The first-order valence-electron chi connectivity index (χ1n) is 11.6. The quantitative estimate of drug-likeness (QED) is 0.272. The molecule has 1 aromatic heterocycles. The number of aromatic nitrogens is 2. The number of anilines is 1. The molecule has 1 unspecified atom stereocenters. The van der Waals surface area contributed by atoms with Gasteiger partial charge in [0.25, 0.3) is 0 Å². The Kier molecular flexibility index (Phi) is 7.65. The minimum atomic E-state index is -4.28. The third-order valence-electron chi connectivity index (χ3n) is 6.33. The van der Waals surface area contributed by atoms with Gasteiger partial charge in [-0.2, -0.15) is 18.2 Å². The van der Waals surface area contributed by atoms with Gasteiger partial charge in [0, 0.05) is 22.6 Å². The van der Waals surface area contributed by atoms with Gasteiger partial charge in [0.05, 0.1) is 16.7 Å². The van der Waals surface area contributed by atoms with Gasteiger partial charge in [0.2, 0.25) is 11.8 Å². The highest BCUT2D eigenvalue weighted by atomic mass is 32.2. The van der Waals surface area contributed by atoms with Crippen molar-refractivity contribution in [1.29, 1.82) is 0 Å². The predicted octanol–water partition coefficient (Wildman–Crippen LogP) is 6.02. The molecule has 1 aliphatic carbocycles. The van der Waals surface area contributed by atoms with Crippen LogP contribution in [0.2, 0.25) is 0 Å². The molecular formula is C26H27F3N4O3S. The lowest BCUT2D eigenvalue weighted by Gasteiger charge is -2.23. The third kappa shape index (κ3) is 6.34. The second-order valence-corrected chi connectivity index (χ2v) is 10.2. The van der Waals surface area contributed by atoms with Crippen LogP contribution in [-0.2, 0) is 0 Å². The Morgan fingerprint density at radius 1 is 1.16 bits per heavy atom. The van der Waals surface area contributed by atoms with E-state index in [0.29, 0.717) is 10.6 Å². The lowest BCUT2D eigenvalue weighted by Crippen LogP contribution is -2.36. The molecule has 0 aliphatic heterocycles. The van der Waals surface area contributed by atoms with Crippen LogP contribution in [0.1, 0.15) is 40.7 Å². The van der Waals surface area contributed by atoms with Crippen LogP contribution in [0.15, 0.2) is 53.4 Å². The maximum absolute atomic E-state index is 13.3. The first kappa shape index (κ1) is 26.7. The normalized spacial score (nSPS) is 15.2. The van der Waals surface area contributed by atoms with E-state index in [1.165, 1.54) is 12.1 Å². The number of ether oxygens (including phenoxy) is 1. The Bertz CT molecular complexity index is 1280. The maximum Gasteiger partial charge on any atom is 0.394 e. The number of alkyl halides is 3. The van der Waals surface area contributed by atoms with E-state index in [0.717, 1.165) is 28.6 Å². The number of benzene rings is 2. The van der Waals surface area contributed by atoms with E-state index < -0.39 is 23.6 Å². The summed E-state index contributed by atoms with van der Waals surface area (Å²) < 4.78 is 48.8. The van der Waals surface area contributed by atoms with Crippen LogP contribution < -0.4 is 15.2 Å². The molecule has 0 radical (unpaired) electrons. The summed E-state index contributed by atoms with van der Waals surface area (Å²) in [4.78, 5) is 20.9. The highest BCUT2D eigenvalue weighted by Gasteiger charge is 2.63. The molecule has 7 nitrogen and oxygen atoms in total. The van der Waals surface area contributed by atoms with Crippen molar-refractivity contribution >= 4 is 23.9 Å². The number of hydrogen-bond donors (Lipinski definition) is 3. The number of halogens is 3. The molecule has 1 saturated carbocycles. The molecule has 196 valence electrons. The summed E-state index contributed by atoms with van der Waals surface area (Å²) in [7, 11) is 0. The van der Waals surface area contributed by atoms with Crippen LogP contribution >= 0.6 is 11.9 Å². The van der Waals surface area contributed by atoms with Gasteiger partial charge < -0.3 is 15.6 Å². The van der Waals surface area contributed by atoms with E-state index in [-0.39, 0.29) is 43.3 Å². The maximum atomic E-state index is 13.3. The van der Waals surface area contributed by atoms with Gasteiger partial charge in [-0.1, -0.05) is 24.3 Å². The number of carboxylic acids is 1. The molecule has 4 N–H and O–H groups in total. The summed E-state index contributed by atoms with van der Waals surface area (Å²) in [5.41, 5.74) is 7.87. The van der Waals surface area contributed by atoms with Crippen LogP contribution in [0.3, 0.4) is 0 Å². The van der Waals surface area contributed by atoms with Crippen molar-refractivity contribution < 1.29 is 27.8 Å². The Labute approximate surface area is 216 Å². The van der Waals surface area contributed by atoms with Gasteiger partial charge >= 0.3 is 12.1 Å². The van der Waals surface area contributed by atoms with Crippen molar-refractivity contribution in [3.63, 3.8) is 0 Å². The monoisotopic (exact) mass is 532 g/mol. The van der Waals surface area contributed by atoms with Gasteiger partial charge in [-0.15, -0.1) is 0 Å². The molecule has 11 heteroatoms. The fourth-order valence-electron chi connectivity index (χ4n) is 4.20. The minimum Gasteiger partial charge on any atom is -0.478 e. The molecule has 1 fully saturated rings. The Balaban J connectivity index is 1.56. The Morgan fingerprint density at radius 3 is 2.46 bits per heavy atom. The summed E-state index contributed by atoms with van der Waals surface area (Å²) in [6.07, 6.45) is -4.31. The van der Waals surface area contributed by atoms with Crippen LogP contribution in [0.5, 0.6) is 5.88 Å². The van der Waals surface area contributed by atoms with Gasteiger partial charge in [0.1, 0.15) is 6.61 Å². The number of nitrogens with zero attached hydrogens (tertiary/aromatic N) is 2. The minimum absolute atomic E-state index is 0.0861. The van der Waals surface area contributed by atoms with Gasteiger partial charge in [0.15, 0.2) is 0 Å². The molecule has 1 atom stereocenters. The zero-order valence-electron chi connectivity index (χ0n) is 20.3. The molecular weight excluding hydrogens is 505 g/mol. The van der Waals surface area contributed by atoms with E-state index >= 15 is 0 Å². The molecule has 0 bridgehead atoms. The smallest absolute Gasteiger partial charge is 0.394 e. The van der Waals surface area contributed by atoms with Gasteiger partial charge in [-0.05, 0) is 74.4 Å². The standard InChI is InChI=1S/C26H27F3N4O3S/c1-15-5-3-6-16(2)22(15)20-12-21(36-14-18(30)13-25(9-10-25)26(27,28)29)32-24(31-20)33-37-19-8-4-7-17(11-19)23(34)35/h3-8,11-12,18H,9-10,13-14,30H2,1-2H3,(H,34,35)(H,31,32,33). The van der Waals surface area contributed by atoms with Crippen molar-refractivity contribution in [2.45, 2.75) is 50.2 Å². The van der Waals surface area contributed by atoms with Crippen molar-refractivity contribution in [2.75, 3.05) is 11.3 Å². The van der Waals surface area contributed by atoms with Gasteiger partial charge in [-0.3, -0.25) is 4.72 Å². The second-order valence-electron chi connectivity index (χ2n) is 9.27. The molecule has 2 aromatic carbocycles. The molecule has 0 saturated heterocycles. The molecule has 3 aromatic rings. The molecule has 37 heavy (non-hydrogen) atoms. The van der Waals surface area contributed by atoms with E-state index in [2.05, 4.69) is 14.7 Å². The molecule has 4 rings (SSSR count). The molecule has 1 heterocycles. The number of nitrogens with two attached hydrogens (primary N) is 1. The van der Waals surface area contributed by atoms with Crippen LogP contribution in [-0.4, -0.2) is 39.9 Å². The summed E-state index contributed by atoms with van der Waals surface area (Å²) >= 11 is 1.13. The number of aryl methyl sites for hydroxylation is 2. The highest BCUT2D eigenvalue weighted by molar-refractivity contribution is 8.00. The topological polar surface area (TPSA) is 110 Å². The Hall–Kier alpha value is -3.31. The van der Waals surface area contributed by atoms with E-state index in [4.69, 9.17) is 10.5 Å². The number of rotatable bonds is 10. The lowest BCUT2D eigenvalue weighted by atomic mass is 9.97. The second kappa shape index (κ2) is 10.6. The zero-order chi connectivity index (χ0) is 26.8. The highest BCUT2D eigenvalue weighted by Crippen LogP contribution is 2.60. The van der Waals surface area contributed by atoms with Crippen LogP contribution in [0.25, 0.3) is 11.3 Å². The summed E-state index contributed by atoms with van der Waals surface area (Å²) in [6, 6.07) is 13.0. The number of hydrogen-bond acceptors (Lipinski definition) is 7. The number of aromatic carboxylic acids is 1. The van der Waals surface area contributed by atoms with E-state index in [1.807, 2.05) is 32.0 Å². The molecule has 0 amide bonds. The van der Waals surface area contributed by atoms with Crippen molar-refractivity contribution in [3.05, 3.63) is 65.2 Å².